The molecule has 184 valence electrons. The first-order valence-electron chi connectivity index (χ1n) is 12.9. The molecule has 2 bridgehead atoms. The summed E-state index contributed by atoms with van der Waals surface area (Å²) in [7, 11) is 0. The molecule has 3 unspecified atom stereocenters. The molecule has 1 aliphatic heterocycles. The van der Waals surface area contributed by atoms with Gasteiger partial charge in [0.1, 0.15) is 5.82 Å². The zero-order valence-electron chi connectivity index (χ0n) is 20.5. The molecule has 1 saturated heterocycles. The van der Waals surface area contributed by atoms with Crippen molar-refractivity contribution in [1.82, 2.24) is 15.0 Å². The average Bonchev–Trinajstić information content (AvgIpc) is 3.08. The van der Waals surface area contributed by atoms with E-state index in [0.717, 1.165) is 37.4 Å². The van der Waals surface area contributed by atoms with Crippen LogP contribution in [0.25, 0.3) is 0 Å². The fourth-order valence-electron chi connectivity index (χ4n) is 7.72. The Labute approximate surface area is 197 Å². The van der Waals surface area contributed by atoms with Crippen LogP contribution >= 0.6 is 0 Å². The van der Waals surface area contributed by atoms with Gasteiger partial charge in [0.05, 0.1) is 0 Å². The van der Waals surface area contributed by atoms with E-state index < -0.39 is 0 Å². The predicted molar refractivity (Wildman–Crippen MR) is 132 cm³/mol. The predicted octanol–water partition coefficient (Wildman–Crippen LogP) is 1.14. The number of nitrogens with zero attached hydrogens (tertiary/aromatic N) is 4. The van der Waals surface area contributed by atoms with E-state index in [2.05, 4.69) is 31.0 Å². The van der Waals surface area contributed by atoms with Gasteiger partial charge >= 0.3 is 0 Å². The first-order valence-corrected chi connectivity index (χ1v) is 12.9. The molecule has 3 aliphatic carbocycles. The van der Waals surface area contributed by atoms with Crippen molar-refractivity contribution in [1.29, 1.82) is 0 Å². The molecule has 2 heterocycles. The van der Waals surface area contributed by atoms with Gasteiger partial charge in [0, 0.05) is 49.2 Å². The molecule has 0 aromatic carbocycles. The lowest BCUT2D eigenvalue weighted by Crippen LogP contribution is -2.53. The lowest BCUT2D eigenvalue weighted by atomic mass is 9.79. The minimum atomic E-state index is 0.0223. The summed E-state index contributed by atoms with van der Waals surface area (Å²) in [4.78, 5) is 16.9. The summed E-state index contributed by atoms with van der Waals surface area (Å²) in [6.07, 6.45) is 5.89. The molecule has 9 nitrogen and oxygen atoms in total. The molecule has 0 amide bonds. The van der Waals surface area contributed by atoms with Gasteiger partial charge in [-0.1, -0.05) is 20.8 Å². The smallest absolute Gasteiger partial charge is 0.230 e. The monoisotopic (exact) mass is 457 g/mol. The third kappa shape index (κ3) is 4.45. The van der Waals surface area contributed by atoms with Crippen LogP contribution in [0.4, 0.5) is 11.9 Å². The Morgan fingerprint density at radius 3 is 2.06 bits per heavy atom. The molecule has 9 N–H and O–H groups in total. The van der Waals surface area contributed by atoms with Gasteiger partial charge in [0.15, 0.2) is 0 Å². The molecule has 4 aliphatic rings. The summed E-state index contributed by atoms with van der Waals surface area (Å²) >= 11 is 0. The van der Waals surface area contributed by atoms with Crippen molar-refractivity contribution in [2.24, 2.45) is 46.1 Å². The minimum Gasteiger partial charge on any atom is -0.351 e. The summed E-state index contributed by atoms with van der Waals surface area (Å²) in [6, 6.07) is 0.598. The third-order valence-electron chi connectivity index (χ3n) is 9.05. The van der Waals surface area contributed by atoms with E-state index in [1.165, 1.54) is 12.8 Å². The van der Waals surface area contributed by atoms with Gasteiger partial charge in [-0.2, -0.15) is 15.0 Å². The highest BCUT2D eigenvalue weighted by atomic mass is 15.3. The molecule has 9 atom stereocenters. The standard InChI is InChI=1S/C24H43N9/c1-12-4-14-7-19(20(12)24(14,2)3)29-22-30-21(13-5-15(25)8-16(26)6-13)31-23(32-22)33-10-17(27)9-18(28)11-33/h12-20H,4-11,25-28H2,1-3H3,(H,29,30,31,32)/t12-,13?,14?,15-,16+,17-,18+,19-,20?/m0/s1. The van der Waals surface area contributed by atoms with Crippen LogP contribution in [-0.4, -0.2) is 58.3 Å². The van der Waals surface area contributed by atoms with Crippen molar-refractivity contribution >= 4 is 11.9 Å². The molecule has 0 radical (unpaired) electrons. The molecular formula is C24H43N9. The number of hydrogen-bond acceptors (Lipinski definition) is 9. The number of hydrogen-bond donors (Lipinski definition) is 5. The Morgan fingerprint density at radius 1 is 0.818 bits per heavy atom. The van der Waals surface area contributed by atoms with Crippen molar-refractivity contribution in [2.45, 2.75) is 95.4 Å². The Balaban J connectivity index is 1.45. The first kappa shape index (κ1) is 23.2. The molecule has 5 rings (SSSR count). The van der Waals surface area contributed by atoms with Crippen molar-refractivity contribution in [2.75, 3.05) is 23.3 Å². The molecule has 1 aromatic rings. The van der Waals surface area contributed by atoms with Gasteiger partial charge in [-0.3, -0.25) is 0 Å². The quantitative estimate of drug-likeness (QED) is 0.447. The molecular weight excluding hydrogens is 414 g/mol. The summed E-state index contributed by atoms with van der Waals surface area (Å²) in [6.45, 7) is 8.67. The summed E-state index contributed by atoms with van der Waals surface area (Å²) in [5, 5.41) is 3.75. The summed E-state index contributed by atoms with van der Waals surface area (Å²) < 4.78 is 0. The van der Waals surface area contributed by atoms with Crippen LogP contribution in [0.1, 0.15) is 71.0 Å². The van der Waals surface area contributed by atoms with Crippen molar-refractivity contribution in [3.63, 3.8) is 0 Å². The van der Waals surface area contributed by atoms with Gasteiger partial charge in [0.25, 0.3) is 0 Å². The SMILES string of the molecule is C[C@H]1CC2C[C@H](Nc3nc(C4C[C@@H](N)C[C@@H](N)C4)nc(N4C[C@H](N)C[C@H](N)C4)n3)C1C2(C)C. The maximum absolute atomic E-state index is 6.32. The second-order valence-electron chi connectivity index (χ2n) is 12.1. The van der Waals surface area contributed by atoms with Crippen LogP contribution in [-0.2, 0) is 0 Å². The number of nitrogens with two attached hydrogens (primary N) is 4. The minimum absolute atomic E-state index is 0.0223. The van der Waals surface area contributed by atoms with Gasteiger partial charge in [-0.25, -0.2) is 0 Å². The Morgan fingerprint density at radius 2 is 1.45 bits per heavy atom. The van der Waals surface area contributed by atoms with Gasteiger partial charge < -0.3 is 33.2 Å². The van der Waals surface area contributed by atoms with E-state index >= 15 is 0 Å². The van der Waals surface area contributed by atoms with Crippen LogP contribution in [0.5, 0.6) is 0 Å². The fraction of sp³-hybridized carbons (Fsp3) is 0.875. The Bertz CT molecular complexity index is 796. The summed E-state index contributed by atoms with van der Waals surface area (Å²) in [5.74, 6) is 4.39. The second-order valence-corrected chi connectivity index (χ2v) is 12.1. The van der Waals surface area contributed by atoms with Crippen molar-refractivity contribution in [3.05, 3.63) is 5.82 Å². The van der Waals surface area contributed by atoms with Crippen LogP contribution in [0.3, 0.4) is 0 Å². The Kier molecular flexibility index (Phi) is 6.04. The van der Waals surface area contributed by atoms with E-state index in [9.17, 15) is 0 Å². The number of nitrogens with one attached hydrogen (secondary N) is 1. The molecule has 3 saturated carbocycles. The maximum Gasteiger partial charge on any atom is 0.230 e. The molecule has 0 spiro atoms. The lowest BCUT2D eigenvalue weighted by molar-refractivity contribution is 0.233. The van der Waals surface area contributed by atoms with E-state index in [4.69, 9.17) is 37.9 Å². The van der Waals surface area contributed by atoms with Crippen molar-refractivity contribution in [3.8, 4) is 0 Å². The number of piperidine rings is 1. The number of fused-ring (bicyclic) bond motifs is 2. The highest BCUT2D eigenvalue weighted by Crippen LogP contribution is 2.60. The third-order valence-corrected chi connectivity index (χ3v) is 9.05. The lowest BCUT2D eigenvalue weighted by Gasteiger charge is -2.36. The highest BCUT2D eigenvalue weighted by molar-refractivity contribution is 5.40. The van der Waals surface area contributed by atoms with Gasteiger partial charge in [-0.15, -0.1) is 0 Å². The van der Waals surface area contributed by atoms with E-state index in [1.54, 1.807) is 0 Å². The van der Waals surface area contributed by atoms with Crippen LogP contribution in [0, 0.1) is 23.2 Å². The topological polar surface area (TPSA) is 158 Å². The largest absolute Gasteiger partial charge is 0.351 e. The zero-order chi connectivity index (χ0) is 23.5. The highest BCUT2D eigenvalue weighted by Gasteiger charge is 2.56. The molecule has 9 heteroatoms. The second kappa shape index (κ2) is 8.59. The molecule has 1 aromatic heterocycles. The van der Waals surface area contributed by atoms with Gasteiger partial charge in [-0.05, 0) is 61.7 Å². The molecule has 33 heavy (non-hydrogen) atoms. The van der Waals surface area contributed by atoms with E-state index in [0.29, 0.717) is 48.3 Å². The maximum atomic E-state index is 6.32. The van der Waals surface area contributed by atoms with Crippen LogP contribution in [0.15, 0.2) is 0 Å². The van der Waals surface area contributed by atoms with Crippen LogP contribution < -0.4 is 33.2 Å². The van der Waals surface area contributed by atoms with E-state index in [-0.39, 0.29) is 30.1 Å². The normalized spacial score (nSPS) is 42.5. The van der Waals surface area contributed by atoms with Gasteiger partial charge in [0.2, 0.25) is 11.9 Å². The average molecular weight is 458 g/mol. The van der Waals surface area contributed by atoms with Crippen LogP contribution in [0.2, 0.25) is 0 Å². The molecule has 4 fully saturated rings. The number of aromatic nitrogens is 3. The fourth-order valence-corrected chi connectivity index (χ4v) is 7.72. The van der Waals surface area contributed by atoms with Crippen molar-refractivity contribution < 1.29 is 0 Å². The number of rotatable bonds is 4. The Hall–Kier alpha value is -1.55. The van der Waals surface area contributed by atoms with E-state index in [1.807, 2.05) is 0 Å². The first-order chi connectivity index (χ1) is 15.6. The summed E-state index contributed by atoms with van der Waals surface area (Å²) in [5.41, 5.74) is 25.6. The number of anilines is 2. The zero-order valence-corrected chi connectivity index (χ0v) is 20.5.